The molecule has 0 aliphatic rings. The summed E-state index contributed by atoms with van der Waals surface area (Å²) in [5, 5.41) is 8.24. The first-order chi connectivity index (χ1) is 8.06. The van der Waals surface area contributed by atoms with Crippen molar-refractivity contribution in [3.8, 4) is 0 Å². The van der Waals surface area contributed by atoms with Crippen molar-refractivity contribution < 1.29 is 0 Å². The quantitative estimate of drug-likeness (QED) is 0.927. The predicted molar refractivity (Wildman–Crippen MR) is 74.4 cm³/mol. The third kappa shape index (κ3) is 3.01. The van der Waals surface area contributed by atoms with Gasteiger partial charge in [-0.25, -0.2) is 0 Å². The molecule has 2 rings (SSSR count). The summed E-state index contributed by atoms with van der Waals surface area (Å²) in [6.07, 6.45) is 3.86. The van der Waals surface area contributed by atoms with Crippen LogP contribution in [0.1, 0.15) is 18.5 Å². The Morgan fingerprint density at radius 3 is 2.82 bits per heavy atom. The second kappa shape index (κ2) is 5.10. The summed E-state index contributed by atoms with van der Waals surface area (Å²) in [6.45, 7) is 2.09. The summed E-state index contributed by atoms with van der Waals surface area (Å²) in [5.41, 5.74) is 2.14. The fourth-order valence-corrected chi connectivity index (χ4v) is 2.01. The fraction of sp³-hybridized carbons (Fsp3) is 0.250. The normalized spacial score (nSPS) is 12.5. The molecular weight excluding hydrogens is 302 g/mol. The van der Waals surface area contributed by atoms with Gasteiger partial charge in [0.1, 0.15) is 0 Å². The molecule has 0 bridgehead atoms. The summed E-state index contributed by atoms with van der Waals surface area (Å²) in [7, 11) is 1.91. The molecule has 0 radical (unpaired) electrons. The molecule has 1 unspecified atom stereocenters. The Morgan fingerprint density at radius 2 is 2.24 bits per heavy atom. The maximum Gasteiger partial charge on any atom is 0.0568 e. The van der Waals surface area contributed by atoms with Crippen LogP contribution in [0.3, 0.4) is 0 Å². The van der Waals surface area contributed by atoms with Gasteiger partial charge in [0.05, 0.1) is 17.3 Å². The average Bonchev–Trinajstić information content (AvgIpc) is 2.70. The highest BCUT2D eigenvalue weighted by molar-refractivity contribution is 9.10. The smallest absolute Gasteiger partial charge is 0.0568 e. The van der Waals surface area contributed by atoms with Crippen LogP contribution in [0.4, 0.5) is 5.69 Å². The topological polar surface area (TPSA) is 29.9 Å². The third-order valence-corrected chi connectivity index (χ3v) is 3.76. The predicted octanol–water partition coefficient (Wildman–Crippen LogP) is 4.01. The lowest BCUT2D eigenvalue weighted by molar-refractivity contribution is 0.765. The average molecular weight is 315 g/mol. The van der Waals surface area contributed by atoms with Gasteiger partial charge in [-0.1, -0.05) is 11.6 Å². The van der Waals surface area contributed by atoms with E-state index in [0.29, 0.717) is 5.02 Å². The Balaban J connectivity index is 2.12. The number of aromatic nitrogens is 2. The second-order valence-corrected chi connectivity index (χ2v) is 5.20. The Labute approximate surface area is 114 Å². The molecule has 0 saturated carbocycles. The first-order valence-corrected chi connectivity index (χ1v) is 6.43. The van der Waals surface area contributed by atoms with Gasteiger partial charge in [-0.05, 0) is 41.1 Å². The van der Waals surface area contributed by atoms with E-state index < -0.39 is 0 Å². The van der Waals surface area contributed by atoms with Crippen molar-refractivity contribution in [3.63, 3.8) is 0 Å². The van der Waals surface area contributed by atoms with Gasteiger partial charge in [0.25, 0.3) is 0 Å². The van der Waals surface area contributed by atoms with Gasteiger partial charge in [0.2, 0.25) is 0 Å². The van der Waals surface area contributed by atoms with Crippen LogP contribution in [0.25, 0.3) is 0 Å². The molecule has 1 atom stereocenters. The number of nitrogens with one attached hydrogen (secondary N) is 1. The molecule has 0 amide bonds. The molecule has 17 heavy (non-hydrogen) atoms. The molecule has 1 N–H and O–H groups in total. The molecule has 5 heteroatoms. The Bertz CT molecular complexity index is 524. The van der Waals surface area contributed by atoms with Gasteiger partial charge in [0, 0.05) is 29.0 Å². The third-order valence-electron chi connectivity index (χ3n) is 2.53. The molecule has 0 spiro atoms. The van der Waals surface area contributed by atoms with E-state index in [-0.39, 0.29) is 6.04 Å². The van der Waals surface area contributed by atoms with E-state index in [1.54, 1.807) is 4.68 Å². The number of anilines is 1. The molecule has 0 saturated heterocycles. The van der Waals surface area contributed by atoms with Crippen LogP contribution in [0.5, 0.6) is 0 Å². The highest BCUT2D eigenvalue weighted by Gasteiger charge is 2.08. The largest absolute Gasteiger partial charge is 0.378 e. The minimum absolute atomic E-state index is 0.195. The number of hydrogen-bond acceptors (Lipinski definition) is 2. The van der Waals surface area contributed by atoms with Crippen molar-refractivity contribution in [1.29, 1.82) is 0 Å². The molecule has 3 nitrogen and oxygen atoms in total. The number of hydrogen-bond donors (Lipinski definition) is 1. The van der Waals surface area contributed by atoms with Crippen molar-refractivity contribution in [1.82, 2.24) is 9.78 Å². The number of rotatable bonds is 3. The van der Waals surface area contributed by atoms with E-state index >= 15 is 0 Å². The SMILES string of the molecule is CC(Nc1ccc(Br)c(Cl)c1)c1cnn(C)c1. The van der Waals surface area contributed by atoms with Crippen LogP contribution in [0, 0.1) is 0 Å². The van der Waals surface area contributed by atoms with E-state index in [2.05, 4.69) is 33.3 Å². The molecule has 0 fully saturated rings. The first kappa shape index (κ1) is 12.5. The van der Waals surface area contributed by atoms with Crippen LogP contribution in [-0.4, -0.2) is 9.78 Å². The molecule has 0 aliphatic carbocycles. The van der Waals surface area contributed by atoms with Crippen molar-refractivity contribution in [2.24, 2.45) is 7.05 Å². The Morgan fingerprint density at radius 1 is 1.47 bits per heavy atom. The molecule has 2 aromatic rings. The maximum absolute atomic E-state index is 6.04. The van der Waals surface area contributed by atoms with E-state index in [4.69, 9.17) is 11.6 Å². The van der Waals surface area contributed by atoms with Crippen molar-refractivity contribution >= 4 is 33.2 Å². The Hall–Kier alpha value is -1.00. The molecule has 1 heterocycles. The van der Waals surface area contributed by atoms with Crippen LogP contribution in [-0.2, 0) is 7.05 Å². The van der Waals surface area contributed by atoms with Gasteiger partial charge in [0.15, 0.2) is 0 Å². The van der Waals surface area contributed by atoms with E-state index in [9.17, 15) is 0 Å². The minimum Gasteiger partial charge on any atom is -0.378 e. The molecule has 0 aliphatic heterocycles. The number of halogens is 2. The van der Waals surface area contributed by atoms with Crippen LogP contribution < -0.4 is 5.32 Å². The fourth-order valence-electron chi connectivity index (χ4n) is 1.58. The van der Waals surface area contributed by atoms with Crippen molar-refractivity contribution in [2.75, 3.05) is 5.32 Å². The number of nitrogens with zero attached hydrogens (tertiary/aromatic N) is 2. The van der Waals surface area contributed by atoms with Gasteiger partial charge >= 0.3 is 0 Å². The zero-order valence-corrected chi connectivity index (χ0v) is 12.0. The first-order valence-electron chi connectivity index (χ1n) is 5.26. The maximum atomic E-state index is 6.04. The summed E-state index contributed by atoms with van der Waals surface area (Å²) in [6, 6.07) is 6.02. The summed E-state index contributed by atoms with van der Waals surface area (Å²) in [4.78, 5) is 0. The van der Waals surface area contributed by atoms with E-state index in [1.807, 2.05) is 37.6 Å². The second-order valence-electron chi connectivity index (χ2n) is 3.94. The highest BCUT2D eigenvalue weighted by atomic mass is 79.9. The lowest BCUT2D eigenvalue weighted by Crippen LogP contribution is -2.05. The van der Waals surface area contributed by atoms with Gasteiger partial charge in [-0.3, -0.25) is 4.68 Å². The Kier molecular flexibility index (Phi) is 3.74. The minimum atomic E-state index is 0.195. The zero-order valence-electron chi connectivity index (χ0n) is 9.61. The van der Waals surface area contributed by atoms with Crippen molar-refractivity contribution in [3.05, 3.63) is 45.7 Å². The van der Waals surface area contributed by atoms with E-state index in [1.165, 1.54) is 0 Å². The molecule has 90 valence electrons. The molecular formula is C12H13BrClN3. The van der Waals surface area contributed by atoms with Gasteiger partial charge in [-0.2, -0.15) is 5.10 Å². The molecule has 1 aromatic carbocycles. The van der Waals surface area contributed by atoms with E-state index in [0.717, 1.165) is 15.7 Å². The lowest BCUT2D eigenvalue weighted by atomic mass is 10.2. The number of benzene rings is 1. The van der Waals surface area contributed by atoms with Crippen LogP contribution in [0.2, 0.25) is 5.02 Å². The monoisotopic (exact) mass is 313 g/mol. The highest BCUT2D eigenvalue weighted by Crippen LogP contribution is 2.27. The summed E-state index contributed by atoms with van der Waals surface area (Å²) < 4.78 is 2.70. The zero-order chi connectivity index (χ0) is 12.4. The van der Waals surface area contributed by atoms with Crippen molar-refractivity contribution in [2.45, 2.75) is 13.0 Å². The van der Waals surface area contributed by atoms with Gasteiger partial charge < -0.3 is 5.32 Å². The summed E-state index contributed by atoms with van der Waals surface area (Å²) in [5.74, 6) is 0. The standard InChI is InChI=1S/C12H13BrClN3/c1-8(9-6-15-17(2)7-9)16-10-3-4-11(13)12(14)5-10/h3-8,16H,1-2H3. The number of aryl methyl sites for hydroxylation is 1. The van der Waals surface area contributed by atoms with Gasteiger partial charge in [-0.15, -0.1) is 0 Å². The van der Waals surface area contributed by atoms with Crippen LogP contribution >= 0.6 is 27.5 Å². The lowest BCUT2D eigenvalue weighted by Gasteiger charge is -2.14. The molecule has 1 aromatic heterocycles. The van der Waals surface area contributed by atoms with Crippen LogP contribution in [0.15, 0.2) is 35.1 Å². The summed E-state index contributed by atoms with van der Waals surface area (Å²) >= 11 is 9.41.